The number of aliphatic carboxylic acids is 1. The van der Waals surface area contributed by atoms with Crippen molar-refractivity contribution in [3.05, 3.63) is 34.6 Å². The highest BCUT2D eigenvalue weighted by molar-refractivity contribution is 6.30. The topological polar surface area (TPSA) is 46.5 Å². The molecule has 0 aliphatic rings. The van der Waals surface area contributed by atoms with Crippen LogP contribution in [-0.4, -0.2) is 24.8 Å². The van der Waals surface area contributed by atoms with E-state index in [1.807, 2.05) is 0 Å². The Labute approximate surface area is 104 Å². The van der Waals surface area contributed by atoms with Crippen LogP contribution in [0.15, 0.2) is 18.2 Å². The lowest BCUT2D eigenvalue weighted by Crippen LogP contribution is -2.33. The number of benzene rings is 1. The van der Waals surface area contributed by atoms with Gasteiger partial charge >= 0.3 is 5.97 Å². The molecule has 3 nitrogen and oxygen atoms in total. The normalized spacial score (nSPS) is 14.4. The fourth-order valence-electron chi connectivity index (χ4n) is 1.52. The Hall–Kier alpha value is -1.13. The summed E-state index contributed by atoms with van der Waals surface area (Å²) >= 11 is 5.66. The first-order valence-corrected chi connectivity index (χ1v) is 5.47. The third kappa shape index (κ3) is 2.96. The zero-order valence-corrected chi connectivity index (χ0v) is 10.4. The molecule has 0 spiro atoms. The Kier molecular flexibility index (Phi) is 4.48. The quantitative estimate of drug-likeness (QED) is 0.886. The summed E-state index contributed by atoms with van der Waals surface area (Å²) in [6, 6.07) is 3.96. The number of ether oxygens (including phenoxy) is 1. The van der Waals surface area contributed by atoms with E-state index in [9.17, 15) is 14.3 Å². The van der Waals surface area contributed by atoms with Gasteiger partial charge in [-0.15, -0.1) is 0 Å². The van der Waals surface area contributed by atoms with Gasteiger partial charge in [-0.25, -0.2) is 4.39 Å². The summed E-state index contributed by atoms with van der Waals surface area (Å²) in [6.45, 7) is 1.87. The average molecular weight is 261 g/mol. The van der Waals surface area contributed by atoms with Gasteiger partial charge in [-0.3, -0.25) is 4.79 Å². The third-order valence-corrected chi connectivity index (χ3v) is 3.12. The molecule has 1 N–H and O–H groups in total. The maximum Gasteiger partial charge on any atom is 0.313 e. The summed E-state index contributed by atoms with van der Waals surface area (Å²) in [7, 11) is 1.50. The van der Waals surface area contributed by atoms with Crippen molar-refractivity contribution in [2.45, 2.75) is 18.8 Å². The van der Waals surface area contributed by atoms with Crippen LogP contribution in [0.1, 0.15) is 18.9 Å². The van der Waals surface area contributed by atoms with Gasteiger partial charge < -0.3 is 9.84 Å². The molecular formula is C12H14ClFO3. The van der Waals surface area contributed by atoms with Crippen LogP contribution in [0.25, 0.3) is 0 Å². The van der Waals surface area contributed by atoms with Gasteiger partial charge in [0.1, 0.15) is 5.82 Å². The summed E-state index contributed by atoms with van der Waals surface area (Å²) in [6.07, 6.45) is 0.292. The van der Waals surface area contributed by atoms with Crippen LogP contribution < -0.4 is 0 Å². The standard InChI is InChI=1S/C12H14ClFO3/c1-12(11(15)16,5-6-17-2)8-3-4-10(14)9(13)7-8/h3-4,7H,5-6H2,1-2H3,(H,15,16). The molecule has 0 bridgehead atoms. The Morgan fingerprint density at radius 2 is 2.24 bits per heavy atom. The van der Waals surface area contributed by atoms with Gasteiger partial charge in [0.2, 0.25) is 0 Å². The zero-order valence-electron chi connectivity index (χ0n) is 9.67. The van der Waals surface area contributed by atoms with Crippen molar-refractivity contribution in [2.75, 3.05) is 13.7 Å². The highest BCUT2D eigenvalue weighted by atomic mass is 35.5. The molecule has 0 fully saturated rings. The summed E-state index contributed by atoms with van der Waals surface area (Å²) < 4.78 is 17.9. The van der Waals surface area contributed by atoms with Gasteiger partial charge in [0.15, 0.2) is 0 Å². The van der Waals surface area contributed by atoms with Crippen molar-refractivity contribution in [1.82, 2.24) is 0 Å². The number of hydrogen-bond donors (Lipinski definition) is 1. The molecule has 0 aromatic heterocycles. The highest BCUT2D eigenvalue weighted by Gasteiger charge is 2.35. The van der Waals surface area contributed by atoms with Crippen LogP contribution in [0, 0.1) is 5.82 Å². The Balaban J connectivity index is 3.13. The maximum absolute atomic E-state index is 13.0. The van der Waals surface area contributed by atoms with Crippen LogP contribution in [-0.2, 0) is 14.9 Å². The number of carboxylic acids is 1. The highest BCUT2D eigenvalue weighted by Crippen LogP contribution is 2.30. The molecule has 0 heterocycles. The van der Waals surface area contributed by atoms with E-state index in [1.165, 1.54) is 25.3 Å². The average Bonchev–Trinajstić information content (AvgIpc) is 2.29. The van der Waals surface area contributed by atoms with Gasteiger partial charge in [-0.1, -0.05) is 17.7 Å². The van der Waals surface area contributed by atoms with Gasteiger partial charge in [0.05, 0.1) is 10.4 Å². The number of rotatable bonds is 5. The molecule has 1 atom stereocenters. The second-order valence-corrected chi connectivity index (χ2v) is 4.42. The lowest BCUT2D eigenvalue weighted by atomic mass is 9.80. The van der Waals surface area contributed by atoms with Crippen molar-refractivity contribution in [3.8, 4) is 0 Å². The summed E-state index contributed by atoms with van der Waals surface area (Å²) in [5.41, 5.74) is -0.665. The third-order valence-electron chi connectivity index (χ3n) is 2.83. The number of hydrogen-bond acceptors (Lipinski definition) is 2. The van der Waals surface area contributed by atoms with Crippen molar-refractivity contribution < 1.29 is 19.0 Å². The second-order valence-electron chi connectivity index (χ2n) is 4.01. The summed E-state index contributed by atoms with van der Waals surface area (Å²) in [5.74, 6) is -1.55. The molecule has 1 aromatic carbocycles. The monoisotopic (exact) mass is 260 g/mol. The fraction of sp³-hybridized carbons (Fsp3) is 0.417. The molecule has 94 valence electrons. The SMILES string of the molecule is COCCC(C)(C(=O)O)c1ccc(F)c(Cl)c1. The predicted octanol–water partition coefficient (Wildman–Crippen LogP) is 2.86. The van der Waals surface area contributed by atoms with E-state index in [1.54, 1.807) is 6.92 Å². The minimum absolute atomic E-state index is 0.0765. The first kappa shape index (κ1) is 13.9. The number of carboxylic acid groups (broad SMARTS) is 1. The maximum atomic E-state index is 13.0. The lowest BCUT2D eigenvalue weighted by molar-refractivity contribution is -0.143. The van der Waals surface area contributed by atoms with Crippen LogP contribution in [0.3, 0.4) is 0 Å². The lowest BCUT2D eigenvalue weighted by Gasteiger charge is -2.25. The van der Waals surface area contributed by atoms with Crippen LogP contribution in [0.5, 0.6) is 0 Å². The van der Waals surface area contributed by atoms with Crippen LogP contribution >= 0.6 is 11.6 Å². The predicted molar refractivity (Wildman–Crippen MR) is 62.9 cm³/mol. The molecule has 0 saturated heterocycles. The first-order valence-electron chi connectivity index (χ1n) is 5.09. The molecular weight excluding hydrogens is 247 g/mol. The van der Waals surface area contributed by atoms with Crippen molar-refractivity contribution in [1.29, 1.82) is 0 Å². The van der Waals surface area contributed by atoms with Gasteiger partial charge in [0, 0.05) is 13.7 Å². The van der Waals surface area contributed by atoms with E-state index in [-0.39, 0.29) is 5.02 Å². The number of halogens is 2. The molecule has 0 saturated carbocycles. The molecule has 0 amide bonds. The molecule has 0 aliphatic carbocycles. The van der Waals surface area contributed by atoms with E-state index in [0.29, 0.717) is 18.6 Å². The molecule has 1 aromatic rings. The summed E-state index contributed by atoms with van der Waals surface area (Å²) in [5, 5.41) is 9.20. The van der Waals surface area contributed by atoms with Crippen molar-refractivity contribution in [3.63, 3.8) is 0 Å². The molecule has 1 rings (SSSR count). The fourth-order valence-corrected chi connectivity index (χ4v) is 1.70. The first-order chi connectivity index (χ1) is 7.91. The Bertz CT molecular complexity index is 422. The van der Waals surface area contributed by atoms with Crippen LogP contribution in [0.4, 0.5) is 4.39 Å². The largest absolute Gasteiger partial charge is 0.481 e. The van der Waals surface area contributed by atoms with E-state index in [0.717, 1.165) is 0 Å². The van der Waals surface area contributed by atoms with Gasteiger partial charge in [-0.05, 0) is 31.0 Å². The number of carbonyl (C=O) groups is 1. The van der Waals surface area contributed by atoms with E-state index in [4.69, 9.17) is 16.3 Å². The zero-order chi connectivity index (χ0) is 13.1. The van der Waals surface area contributed by atoms with E-state index < -0.39 is 17.2 Å². The Morgan fingerprint density at radius 1 is 1.59 bits per heavy atom. The van der Waals surface area contributed by atoms with E-state index in [2.05, 4.69) is 0 Å². The van der Waals surface area contributed by atoms with E-state index >= 15 is 0 Å². The molecule has 0 aliphatic heterocycles. The summed E-state index contributed by atoms with van der Waals surface area (Å²) in [4.78, 5) is 11.3. The minimum atomic E-state index is -1.13. The second kappa shape index (κ2) is 5.47. The van der Waals surface area contributed by atoms with Crippen molar-refractivity contribution >= 4 is 17.6 Å². The smallest absolute Gasteiger partial charge is 0.313 e. The molecule has 1 unspecified atom stereocenters. The molecule has 0 radical (unpaired) electrons. The minimum Gasteiger partial charge on any atom is -0.481 e. The van der Waals surface area contributed by atoms with Gasteiger partial charge in [-0.2, -0.15) is 0 Å². The Morgan fingerprint density at radius 3 is 2.71 bits per heavy atom. The van der Waals surface area contributed by atoms with Crippen molar-refractivity contribution in [2.24, 2.45) is 0 Å². The number of methoxy groups -OCH3 is 1. The van der Waals surface area contributed by atoms with Gasteiger partial charge in [0.25, 0.3) is 0 Å². The van der Waals surface area contributed by atoms with Crippen LogP contribution in [0.2, 0.25) is 5.02 Å². The molecule has 5 heteroatoms. The molecule has 17 heavy (non-hydrogen) atoms.